The van der Waals surface area contributed by atoms with Crippen LogP contribution in [-0.2, 0) is 6.54 Å². The molecule has 0 saturated heterocycles. The number of benzene rings is 2. The fourth-order valence-corrected chi connectivity index (χ4v) is 2.35. The Bertz CT molecular complexity index is 608. The van der Waals surface area contributed by atoms with Crippen molar-refractivity contribution in [3.8, 4) is 11.5 Å². The molecule has 0 aromatic heterocycles. The van der Waals surface area contributed by atoms with Crippen LogP contribution in [0.4, 0.5) is 5.69 Å². The van der Waals surface area contributed by atoms with E-state index in [4.69, 9.17) is 9.47 Å². The van der Waals surface area contributed by atoms with Crippen LogP contribution in [0.25, 0.3) is 0 Å². The average molecular weight is 341 g/mol. The average Bonchev–Trinajstić information content (AvgIpc) is 2.61. The van der Waals surface area contributed by atoms with Gasteiger partial charge in [-0.2, -0.15) is 0 Å². The molecule has 0 saturated carbocycles. The summed E-state index contributed by atoms with van der Waals surface area (Å²) in [7, 11) is 0. The van der Waals surface area contributed by atoms with Crippen molar-refractivity contribution in [1.29, 1.82) is 0 Å². The standard InChI is InChI=1S/C22H31NO2/c1-4-5-14-24-21-11-9-19(10-12-21)17-23-20-7-6-8-22(16-20)25-15-13-18(2)3/h6-12,16,18,23H,4-5,13-15,17H2,1-3H3. The van der Waals surface area contributed by atoms with Crippen molar-refractivity contribution >= 4 is 5.69 Å². The lowest BCUT2D eigenvalue weighted by molar-refractivity contribution is 0.289. The number of ether oxygens (including phenoxy) is 2. The minimum Gasteiger partial charge on any atom is -0.494 e. The van der Waals surface area contributed by atoms with Gasteiger partial charge in [0.05, 0.1) is 13.2 Å². The number of hydrogen-bond donors (Lipinski definition) is 1. The molecule has 0 atom stereocenters. The lowest BCUT2D eigenvalue weighted by Crippen LogP contribution is -2.03. The van der Waals surface area contributed by atoms with Gasteiger partial charge >= 0.3 is 0 Å². The van der Waals surface area contributed by atoms with Gasteiger partial charge < -0.3 is 14.8 Å². The Morgan fingerprint density at radius 2 is 1.68 bits per heavy atom. The summed E-state index contributed by atoms with van der Waals surface area (Å²) in [6.45, 7) is 8.93. The SMILES string of the molecule is CCCCOc1ccc(CNc2cccc(OCCC(C)C)c2)cc1. The van der Waals surface area contributed by atoms with E-state index in [0.717, 1.165) is 56.2 Å². The summed E-state index contributed by atoms with van der Waals surface area (Å²) in [4.78, 5) is 0. The van der Waals surface area contributed by atoms with Gasteiger partial charge in [0.1, 0.15) is 11.5 Å². The molecule has 25 heavy (non-hydrogen) atoms. The summed E-state index contributed by atoms with van der Waals surface area (Å²) in [5, 5.41) is 3.45. The molecular formula is C22H31NO2. The van der Waals surface area contributed by atoms with Gasteiger partial charge in [-0.3, -0.25) is 0 Å². The highest BCUT2D eigenvalue weighted by atomic mass is 16.5. The normalized spacial score (nSPS) is 10.7. The maximum atomic E-state index is 5.82. The maximum absolute atomic E-state index is 5.82. The highest BCUT2D eigenvalue weighted by Gasteiger charge is 2.00. The summed E-state index contributed by atoms with van der Waals surface area (Å²) < 4.78 is 11.5. The zero-order chi connectivity index (χ0) is 17.9. The summed E-state index contributed by atoms with van der Waals surface area (Å²) >= 11 is 0. The largest absolute Gasteiger partial charge is 0.494 e. The van der Waals surface area contributed by atoms with Crippen LogP contribution in [0.2, 0.25) is 0 Å². The first-order valence-electron chi connectivity index (χ1n) is 9.36. The summed E-state index contributed by atoms with van der Waals surface area (Å²) in [5.41, 5.74) is 2.30. The van der Waals surface area contributed by atoms with Crippen LogP contribution < -0.4 is 14.8 Å². The molecule has 136 valence electrons. The predicted octanol–water partition coefficient (Wildman–Crippen LogP) is 5.90. The highest BCUT2D eigenvalue weighted by Crippen LogP contribution is 2.19. The first kappa shape index (κ1) is 19.2. The van der Waals surface area contributed by atoms with Crippen molar-refractivity contribution in [2.45, 2.75) is 46.6 Å². The Kier molecular flexibility index (Phi) is 8.17. The lowest BCUT2D eigenvalue weighted by Gasteiger charge is -2.11. The van der Waals surface area contributed by atoms with Crippen LogP contribution in [0.5, 0.6) is 11.5 Å². The van der Waals surface area contributed by atoms with Gasteiger partial charge in [0, 0.05) is 18.3 Å². The Balaban J connectivity index is 1.80. The van der Waals surface area contributed by atoms with Crippen molar-refractivity contribution in [1.82, 2.24) is 0 Å². The number of hydrogen-bond acceptors (Lipinski definition) is 3. The van der Waals surface area contributed by atoms with Crippen molar-refractivity contribution in [3.63, 3.8) is 0 Å². The molecule has 0 radical (unpaired) electrons. The molecule has 3 heteroatoms. The van der Waals surface area contributed by atoms with Crippen molar-refractivity contribution in [2.24, 2.45) is 5.92 Å². The molecule has 2 aromatic carbocycles. The van der Waals surface area contributed by atoms with Crippen LogP contribution in [0.1, 0.15) is 45.6 Å². The van der Waals surface area contributed by atoms with Gasteiger partial charge in [-0.05, 0) is 48.6 Å². The number of rotatable bonds is 11. The van der Waals surface area contributed by atoms with E-state index in [1.54, 1.807) is 0 Å². The zero-order valence-corrected chi connectivity index (χ0v) is 15.8. The van der Waals surface area contributed by atoms with Gasteiger partial charge in [-0.15, -0.1) is 0 Å². The molecule has 0 spiro atoms. The molecule has 0 fully saturated rings. The van der Waals surface area contributed by atoms with Crippen LogP contribution in [0.3, 0.4) is 0 Å². The first-order chi connectivity index (χ1) is 12.2. The minimum absolute atomic E-state index is 0.662. The third-order valence-corrected chi connectivity index (χ3v) is 3.98. The second-order valence-electron chi connectivity index (χ2n) is 6.76. The highest BCUT2D eigenvalue weighted by molar-refractivity contribution is 5.48. The van der Waals surface area contributed by atoms with Gasteiger partial charge in [-0.1, -0.05) is 45.4 Å². The fourth-order valence-electron chi connectivity index (χ4n) is 2.35. The molecule has 3 nitrogen and oxygen atoms in total. The van der Waals surface area contributed by atoms with Crippen LogP contribution >= 0.6 is 0 Å². The molecule has 0 unspecified atom stereocenters. The molecule has 1 N–H and O–H groups in total. The molecule has 0 heterocycles. The minimum atomic E-state index is 0.662. The Labute approximate surface area is 152 Å². The smallest absolute Gasteiger partial charge is 0.121 e. The van der Waals surface area contributed by atoms with Crippen LogP contribution in [0, 0.1) is 5.92 Å². The fraction of sp³-hybridized carbons (Fsp3) is 0.455. The van der Waals surface area contributed by atoms with Crippen LogP contribution in [-0.4, -0.2) is 13.2 Å². The van der Waals surface area contributed by atoms with Crippen LogP contribution in [0.15, 0.2) is 48.5 Å². The van der Waals surface area contributed by atoms with Gasteiger partial charge in [0.15, 0.2) is 0 Å². The van der Waals surface area contributed by atoms with Crippen molar-refractivity contribution in [2.75, 3.05) is 18.5 Å². The van der Waals surface area contributed by atoms with Crippen molar-refractivity contribution < 1.29 is 9.47 Å². The topological polar surface area (TPSA) is 30.5 Å². The lowest BCUT2D eigenvalue weighted by atomic mass is 10.1. The predicted molar refractivity (Wildman–Crippen MR) is 106 cm³/mol. The summed E-state index contributed by atoms with van der Waals surface area (Å²) in [5.74, 6) is 2.53. The number of unbranched alkanes of at least 4 members (excludes halogenated alkanes) is 1. The second kappa shape index (κ2) is 10.7. The molecule has 0 bridgehead atoms. The van der Waals surface area contributed by atoms with E-state index < -0.39 is 0 Å². The molecular weight excluding hydrogens is 310 g/mol. The van der Waals surface area contributed by atoms with Crippen molar-refractivity contribution in [3.05, 3.63) is 54.1 Å². The van der Waals surface area contributed by atoms with E-state index in [1.165, 1.54) is 5.56 Å². The van der Waals surface area contributed by atoms with Gasteiger partial charge in [0.2, 0.25) is 0 Å². The molecule has 2 aromatic rings. The third-order valence-electron chi connectivity index (χ3n) is 3.98. The molecule has 0 amide bonds. The summed E-state index contributed by atoms with van der Waals surface area (Å²) in [6, 6.07) is 16.5. The van der Waals surface area contributed by atoms with E-state index in [0.29, 0.717) is 5.92 Å². The Morgan fingerprint density at radius 3 is 2.40 bits per heavy atom. The number of nitrogens with one attached hydrogen (secondary N) is 1. The van der Waals surface area contributed by atoms with E-state index >= 15 is 0 Å². The number of anilines is 1. The molecule has 0 aliphatic rings. The van der Waals surface area contributed by atoms with E-state index in [9.17, 15) is 0 Å². The van der Waals surface area contributed by atoms with Gasteiger partial charge in [-0.25, -0.2) is 0 Å². The Morgan fingerprint density at radius 1 is 0.920 bits per heavy atom. The second-order valence-corrected chi connectivity index (χ2v) is 6.76. The third kappa shape index (κ3) is 7.51. The quantitative estimate of drug-likeness (QED) is 0.516. The van der Waals surface area contributed by atoms with E-state index in [2.05, 4.69) is 50.4 Å². The van der Waals surface area contributed by atoms with E-state index in [-0.39, 0.29) is 0 Å². The molecule has 0 aliphatic carbocycles. The first-order valence-corrected chi connectivity index (χ1v) is 9.36. The zero-order valence-electron chi connectivity index (χ0n) is 15.8. The maximum Gasteiger partial charge on any atom is 0.121 e. The van der Waals surface area contributed by atoms with E-state index in [1.807, 2.05) is 24.3 Å². The monoisotopic (exact) mass is 341 g/mol. The molecule has 0 aliphatic heterocycles. The Hall–Kier alpha value is -2.16. The molecule has 2 rings (SSSR count). The summed E-state index contributed by atoms with van der Waals surface area (Å²) in [6.07, 6.45) is 3.32. The van der Waals surface area contributed by atoms with Gasteiger partial charge in [0.25, 0.3) is 0 Å².